The van der Waals surface area contributed by atoms with E-state index in [-0.39, 0.29) is 5.75 Å². The molecule has 10 heavy (non-hydrogen) atoms. The van der Waals surface area contributed by atoms with Crippen molar-refractivity contribution in [2.24, 2.45) is 0 Å². The van der Waals surface area contributed by atoms with E-state index >= 15 is 0 Å². The monoisotopic (exact) mass is 157 g/mol. The largest absolute Gasteiger partial charge is 0.508 e. The Morgan fingerprint density at radius 1 is 1.50 bits per heavy atom. The van der Waals surface area contributed by atoms with Crippen molar-refractivity contribution in [1.82, 2.24) is 0 Å². The Kier molecular flexibility index (Phi) is 2.02. The lowest BCUT2D eigenvalue weighted by molar-refractivity contribution is 0.475. The predicted molar refractivity (Wildman–Crippen MR) is 42.1 cm³/mol. The zero-order valence-corrected chi connectivity index (χ0v) is 6.10. The molecule has 3 heteroatoms. The number of aromatic hydroxyl groups is 1. The number of rotatable bonds is 1. The van der Waals surface area contributed by atoms with Crippen LogP contribution < -0.4 is 5.73 Å². The number of alkyl halides is 1. The van der Waals surface area contributed by atoms with Crippen molar-refractivity contribution in [3.63, 3.8) is 0 Å². The van der Waals surface area contributed by atoms with Crippen LogP contribution in [-0.2, 0) is 5.88 Å². The summed E-state index contributed by atoms with van der Waals surface area (Å²) in [7, 11) is 0. The molecule has 0 saturated carbocycles. The van der Waals surface area contributed by atoms with Crippen LogP contribution in [0.15, 0.2) is 18.2 Å². The van der Waals surface area contributed by atoms with Crippen LogP contribution in [0.25, 0.3) is 0 Å². The molecule has 1 rings (SSSR count). The van der Waals surface area contributed by atoms with Crippen LogP contribution in [0.1, 0.15) is 5.56 Å². The summed E-state index contributed by atoms with van der Waals surface area (Å²) in [6, 6.07) is 4.75. The average molecular weight is 158 g/mol. The third kappa shape index (κ3) is 1.33. The first-order valence-corrected chi connectivity index (χ1v) is 3.41. The number of benzene rings is 1. The summed E-state index contributed by atoms with van der Waals surface area (Å²) in [5.41, 5.74) is 6.87. The van der Waals surface area contributed by atoms with Crippen molar-refractivity contribution in [2.45, 2.75) is 5.88 Å². The standard InChI is InChI=1S/C7H8ClNO/c8-4-5-1-2-6(10)3-7(5)9/h1-3,10H,4,9H2. The maximum Gasteiger partial charge on any atom is 0.117 e. The fourth-order valence-electron chi connectivity index (χ4n) is 0.704. The minimum atomic E-state index is 0.173. The molecule has 0 radical (unpaired) electrons. The van der Waals surface area contributed by atoms with Gasteiger partial charge in [-0.2, -0.15) is 0 Å². The van der Waals surface area contributed by atoms with Gasteiger partial charge in [-0.1, -0.05) is 6.07 Å². The van der Waals surface area contributed by atoms with Gasteiger partial charge in [0.2, 0.25) is 0 Å². The molecule has 0 amide bonds. The van der Waals surface area contributed by atoms with Crippen LogP contribution in [0.2, 0.25) is 0 Å². The first-order valence-electron chi connectivity index (χ1n) is 2.87. The number of halogens is 1. The Bertz CT molecular complexity index is 237. The van der Waals surface area contributed by atoms with E-state index in [1.54, 1.807) is 12.1 Å². The molecule has 0 aliphatic heterocycles. The van der Waals surface area contributed by atoms with Crippen LogP contribution in [0.4, 0.5) is 5.69 Å². The van der Waals surface area contributed by atoms with Gasteiger partial charge in [-0.3, -0.25) is 0 Å². The second kappa shape index (κ2) is 2.80. The summed E-state index contributed by atoms with van der Waals surface area (Å²) in [6.45, 7) is 0. The van der Waals surface area contributed by atoms with Gasteiger partial charge in [0.05, 0.1) is 0 Å². The quantitative estimate of drug-likeness (QED) is 0.482. The minimum Gasteiger partial charge on any atom is -0.508 e. The number of nitrogens with two attached hydrogens (primary N) is 1. The normalized spacial score (nSPS) is 9.70. The number of anilines is 1. The van der Waals surface area contributed by atoms with Gasteiger partial charge >= 0.3 is 0 Å². The van der Waals surface area contributed by atoms with Gasteiger partial charge in [0, 0.05) is 17.6 Å². The fourth-order valence-corrected chi connectivity index (χ4v) is 0.947. The summed E-state index contributed by atoms with van der Waals surface area (Å²) in [4.78, 5) is 0. The molecule has 2 nitrogen and oxygen atoms in total. The van der Waals surface area contributed by atoms with Crippen LogP contribution >= 0.6 is 11.6 Å². The van der Waals surface area contributed by atoms with Gasteiger partial charge in [-0.25, -0.2) is 0 Å². The smallest absolute Gasteiger partial charge is 0.117 e. The fraction of sp³-hybridized carbons (Fsp3) is 0.143. The van der Waals surface area contributed by atoms with E-state index in [0.29, 0.717) is 11.6 Å². The molecule has 0 heterocycles. The van der Waals surface area contributed by atoms with Gasteiger partial charge in [0.15, 0.2) is 0 Å². The van der Waals surface area contributed by atoms with Crippen molar-refractivity contribution in [1.29, 1.82) is 0 Å². The minimum absolute atomic E-state index is 0.173. The zero-order chi connectivity index (χ0) is 7.56. The summed E-state index contributed by atoms with van der Waals surface area (Å²) >= 11 is 5.52. The molecule has 0 unspecified atom stereocenters. The molecule has 1 aromatic carbocycles. The number of phenols is 1. The lowest BCUT2D eigenvalue weighted by Crippen LogP contribution is -1.90. The Hall–Kier alpha value is -0.890. The molecule has 54 valence electrons. The van der Waals surface area contributed by atoms with Crippen molar-refractivity contribution in [2.75, 3.05) is 5.73 Å². The lowest BCUT2D eigenvalue weighted by Gasteiger charge is -2.00. The Balaban J connectivity index is 3.07. The molecule has 0 aromatic heterocycles. The van der Waals surface area contributed by atoms with Crippen LogP contribution in [0.3, 0.4) is 0 Å². The Morgan fingerprint density at radius 2 is 2.20 bits per heavy atom. The van der Waals surface area contributed by atoms with E-state index in [9.17, 15) is 0 Å². The highest BCUT2D eigenvalue weighted by Gasteiger charge is 1.96. The molecule has 3 N–H and O–H groups in total. The zero-order valence-electron chi connectivity index (χ0n) is 5.34. The maximum absolute atomic E-state index is 8.91. The SMILES string of the molecule is Nc1cc(O)ccc1CCl. The van der Waals surface area contributed by atoms with Gasteiger partial charge in [-0.15, -0.1) is 11.6 Å². The van der Waals surface area contributed by atoms with Gasteiger partial charge < -0.3 is 10.8 Å². The first-order chi connectivity index (χ1) is 4.74. The first kappa shape index (κ1) is 7.22. The molecule has 0 fully saturated rings. The molecular formula is C7H8ClNO. The highest BCUT2D eigenvalue weighted by atomic mass is 35.5. The van der Waals surface area contributed by atoms with E-state index < -0.39 is 0 Å². The highest BCUT2D eigenvalue weighted by molar-refractivity contribution is 6.17. The van der Waals surface area contributed by atoms with E-state index in [4.69, 9.17) is 22.4 Å². The maximum atomic E-state index is 8.91. The molecule has 0 spiro atoms. The topological polar surface area (TPSA) is 46.2 Å². The van der Waals surface area contributed by atoms with Gasteiger partial charge in [0.25, 0.3) is 0 Å². The Morgan fingerprint density at radius 3 is 2.70 bits per heavy atom. The summed E-state index contributed by atoms with van der Waals surface area (Å²) in [5.74, 6) is 0.554. The van der Waals surface area contributed by atoms with Crippen molar-refractivity contribution < 1.29 is 5.11 Å². The molecule has 0 bridgehead atoms. The third-order valence-corrected chi connectivity index (χ3v) is 1.56. The highest BCUT2D eigenvalue weighted by Crippen LogP contribution is 2.19. The van der Waals surface area contributed by atoms with Crippen molar-refractivity contribution >= 4 is 17.3 Å². The summed E-state index contributed by atoms with van der Waals surface area (Å²) in [5, 5.41) is 8.91. The molecule has 0 saturated heterocycles. The second-order valence-electron chi connectivity index (χ2n) is 2.02. The van der Waals surface area contributed by atoms with E-state index in [0.717, 1.165) is 5.56 Å². The number of phenolic OH excluding ortho intramolecular Hbond substituents is 1. The molecule has 0 atom stereocenters. The van der Waals surface area contributed by atoms with Crippen LogP contribution in [0, 0.1) is 0 Å². The number of hydrogen-bond acceptors (Lipinski definition) is 2. The van der Waals surface area contributed by atoms with Crippen LogP contribution in [-0.4, -0.2) is 5.11 Å². The van der Waals surface area contributed by atoms with Crippen molar-refractivity contribution in [3.8, 4) is 5.75 Å². The summed E-state index contributed by atoms with van der Waals surface area (Å²) in [6.07, 6.45) is 0. The van der Waals surface area contributed by atoms with Crippen LogP contribution in [0.5, 0.6) is 5.75 Å². The molecule has 0 aliphatic carbocycles. The molecular weight excluding hydrogens is 150 g/mol. The molecule has 1 aromatic rings. The van der Waals surface area contributed by atoms with E-state index in [1.807, 2.05) is 0 Å². The summed E-state index contributed by atoms with van der Waals surface area (Å²) < 4.78 is 0. The van der Waals surface area contributed by atoms with E-state index in [1.165, 1.54) is 6.07 Å². The number of nitrogen functional groups attached to an aromatic ring is 1. The predicted octanol–water partition coefficient (Wildman–Crippen LogP) is 1.71. The van der Waals surface area contributed by atoms with Gasteiger partial charge in [0.1, 0.15) is 5.75 Å². The second-order valence-corrected chi connectivity index (χ2v) is 2.28. The van der Waals surface area contributed by atoms with Crippen molar-refractivity contribution in [3.05, 3.63) is 23.8 Å². The lowest BCUT2D eigenvalue weighted by atomic mass is 10.2. The van der Waals surface area contributed by atoms with Gasteiger partial charge in [-0.05, 0) is 11.6 Å². The average Bonchev–Trinajstić information content (AvgIpc) is 1.88. The Labute approximate surface area is 64.2 Å². The van der Waals surface area contributed by atoms with E-state index in [2.05, 4.69) is 0 Å². The number of hydrogen-bond donors (Lipinski definition) is 2. The molecule has 0 aliphatic rings. The third-order valence-electron chi connectivity index (χ3n) is 1.27.